The van der Waals surface area contributed by atoms with Crippen molar-refractivity contribution in [2.24, 2.45) is 0 Å². The quantitative estimate of drug-likeness (QED) is 0.728. The van der Waals surface area contributed by atoms with Gasteiger partial charge in [-0.1, -0.05) is 0 Å². The van der Waals surface area contributed by atoms with Gasteiger partial charge in [-0.25, -0.2) is 4.98 Å². The number of ether oxygens (including phenoxy) is 1. The van der Waals surface area contributed by atoms with E-state index in [4.69, 9.17) is 4.74 Å². The van der Waals surface area contributed by atoms with Crippen LogP contribution in [0.3, 0.4) is 0 Å². The van der Waals surface area contributed by atoms with E-state index in [0.29, 0.717) is 6.04 Å². The maximum atomic E-state index is 5.27. The molecule has 0 saturated carbocycles. The van der Waals surface area contributed by atoms with Crippen molar-refractivity contribution in [2.45, 2.75) is 33.2 Å². The molecule has 0 aliphatic carbocycles. The number of rotatable bonds is 7. The molecule has 3 nitrogen and oxygen atoms in total. The van der Waals surface area contributed by atoms with Crippen LogP contribution in [-0.2, 0) is 4.74 Å². The number of hydrogen-bond acceptors (Lipinski definition) is 4. The third-order valence-corrected chi connectivity index (χ3v) is 3.27. The maximum Gasteiger partial charge on any atom is 0.110 e. The highest BCUT2D eigenvalue weighted by molar-refractivity contribution is 7.09. The summed E-state index contributed by atoms with van der Waals surface area (Å²) in [6.07, 6.45) is 1.06. The van der Waals surface area contributed by atoms with Crippen molar-refractivity contribution in [3.63, 3.8) is 0 Å². The normalized spacial score (nSPS) is 13.0. The molecule has 1 aromatic heterocycles. The fraction of sp³-hybridized carbons (Fsp3) is 0.727. The molecule has 86 valence electrons. The zero-order valence-corrected chi connectivity index (χ0v) is 10.6. The highest BCUT2D eigenvalue weighted by Gasteiger charge is 2.07. The van der Waals surface area contributed by atoms with Gasteiger partial charge in [0.1, 0.15) is 5.01 Å². The maximum absolute atomic E-state index is 5.27. The lowest BCUT2D eigenvalue weighted by Gasteiger charge is -2.10. The molecule has 0 saturated heterocycles. The summed E-state index contributed by atoms with van der Waals surface area (Å²) in [6, 6.07) is 0.352. The summed E-state index contributed by atoms with van der Waals surface area (Å²) in [4.78, 5) is 4.45. The van der Waals surface area contributed by atoms with Crippen molar-refractivity contribution in [3.05, 3.63) is 16.1 Å². The van der Waals surface area contributed by atoms with Gasteiger partial charge >= 0.3 is 0 Å². The van der Waals surface area contributed by atoms with E-state index in [2.05, 4.69) is 22.6 Å². The first-order chi connectivity index (χ1) is 7.24. The summed E-state index contributed by atoms with van der Waals surface area (Å²) in [5.41, 5.74) is 1.11. The summed E-state index contributed by atoms with van der Waals surface area (Å²) >= 11 is 1.72. The van der Waals surface area contributed by atoms with Crippen LogP contribution in [0.15, 0.2) is 5.38 Å². The zero-order valence-electron chi connectivity index (χ0n) is 9.75. The molecule has 0 aliphatic rings. The largest absolute Gasteiger partial charge is 0.382 e. The molecule has 0 aliphatic heterocycles. The van der Waals surface area contributed by atoms with E-state index in [-0.39, 0.29) is 0 Å². The second-order valence-electron chi connectivity index (χ2n) is 3.55. The SMILES string of the molecule is CCOCCCNC(C)c1nc(C)cs1. The highest BCUT2D eigenvalue weighted by atomic mass is 32.1. The van der Waals surface area contributed by atoms with Crippen LogP contribution in [-0.4, -0.2) is 24.7 Å². The molecule has 0 aromatic carbocycles. The molecular weight excluding hydrogens is 208 g/mol. The molecule has 1 aromatic rings. The van der Waals surface area contributed by atoms with Gasteiger partial charge in [-0.2, -0.15) is 0 Å². The number of nitrogens with zero attached hydrogens (tertiary/aromatic N) is 1. The lowest BCUT2D eigenvalue weighted by molar-refractivity contribution is 0.144. The van der Waals surface area contributed by atoms with Gasteiger partial charge in [0.25, 0.3) is 0 Å². The number of thiazole rings is 1. The van der Waals surface area contributed by atoms with Crippen LogP contribution in [0.1, 0.15) is 37.0 Å². The molecule has 0 bridgehead atoms. The molecule has 0 spiro atoms. The minimum absolute atomic E-state index is 0.352. The van der Waals surface area contributed by atoms with E-state index in [1.54, 1.807) is 11.3 Å². The Morgan fingerprint density at radius 1 is 1.60 bits per heavy atom. The topological polar surface area (TPSA) is 34.1 Å². The Labute approximate surface area is 95.9 Å². The first-order valence-corrected chi connectivity index (χ1v) is 6.35. The Balaban J connectivity index is 2.16. The van der Waals surface area contributed by atoms with Gasteiger partial charge in [0.2, 0.25) is 0 Å². The van der Waals surface area contributed by atoms with Gasteiger partial charge in [0.05, 0.1) is 6.04 Å². The van der Waals surface area contributed by atoms with Crippen LogP contribution in [0, 0.1) is 6.92 Å². The molecule has 4 heteroatoms. The average molecular weight is 228 g/mol. The van der Waals surface area contributed by atoms with Gasteiger partial charge < -0.3 is 10.1 Å². The van der Waals surface area contributed by atoms with Crippen molar-refractivity contribution in [3.8, 4) is 0 Å². The summed E-state index contributed by atoms with van der Waals surface area (Å²) in [7, 11) is 0. The number of aromatic nitrogens is 1. The van der Waals surface area contributed by atoms with Crippen molar-refractivity contribution in [2.75, 3.05) is 19.8 Å². The third kappa shape index (κ3) is 4.73. The van der Waals surface area contributed by atoms with Crippen LogP contribution in [0.4, 0.5) is 0 Å². The van der Waals surface area contributed by atoms with Gasteiger partial charge in [-0.3, -0.25) is 0 Å². The predicted octanol–water partition coefficient (Wildman–Crippen LogP) is 2.53. The minimum atomic E-state index is 0.352. The van der Waals surface area contributed by atoms with Crippen molar-refractivity contribution < 1.29 is 4.74 Å². The lowest BCUT2D eigenvalue weighted by atomic mass is 10.3. The van der Waals surface area contributed by atoms with E-state index < -0.39 is 0 Å². The lowest BCUT2D eigenvalue weighted by Crippen LogP contribution is -2.20. The van der Waals surface area contributed by atoms with E-state index in [1.165, 1.54) is 5.01 Å². The van der Waals surface area contributed by atoms with Gasteiger partial charge in [0, 0.05) is 24.3 Å². The van der Waals surface area contributed by atoms with Gasteiger partial charge in [-0.15, -0.1) is 11.3 Å². The summed E-state index contributed by atoms with van der Waals surface area (Å²) in [6.45, 7) is 8.84. The Morgan fingerprint density at radius 2 is 2.40 bits per heavy atom. The zero-order chi connectivity index (χ0) is 11.1. The number of hydrogen-bond donors (Lipinski definition) is 1. The molecule has 1 heterocycles. The second-order valence-corrected chi connectivity index (χ2v) is 4.44. The van der Waals surface area contributed by atoms with Crippen LogP contribution in [0.25, 0.3) is 0 Å². The van der Waals surface area contributed by atoms with Crippen molar-refractivity contribution in [1.29, 1.82) is 0 Å². The smallest absolute Gasteiger partial charge is 0.110 e. The summed E-state index contributed by atoms with van der Waals surface area (Å²) in [5, 5.41) is 6.70. The van der Waals surface area contributed by atoms with Crippen molar-refractivity contribution >= 4 is 11.3 Å². The molecule has 0 amide bonds. The minimum Gasteiger partial charge on any atom is -0.382 e. The molecule has 0 fully saturated rings. The fourth-order valence-corrected chi connectivity index (χ4v) is 2.12. The monoisotopic (exact) mass is 228 g/mol. The third-order valence-electron chi connectivity index (χ3n) is 2.13. The molecule has 1 atom stereocenters. The molecule has 1 rings (SSSR count). The van der Waals surface area contributed by atoms with Crippen LogP contribution < -0.4 is 5.32 Å². The van der Waals surface area contributed by atoms with Crippen LogP contribution in [0.5, 0.6) is 0 Å². The Kier molecular flexibility index (Phi) is 5.83. The number of aryl methyl sites for hydroxylation is 1. The fourth-order valence-electron chi connectivity index (χ4n) is 1.30. The first-order valence-electron chi connectivity index (χ1n) is 5.47. The molecule has 0 radical (unpaired) electrons. The molecule has 1 N–H and O–H groups in total. The van der Waals surface area contributed by atoms with E-state index in [9.17, 15) is 0 Å². The standard InChI is InChI=1S/C11H20N2OS/c1-4-14-7-5-6-12-10(3)11-13-9(2)8-15-11/h8,10,12H,4-7H2,1-3H3. The van der Waals surface area contributed by atoms with Gasteiger partial charge in [0.15, 0.2) is 0 Å². The Morgan fingerprint density at radius 3 is 3.00 bits per heavy atom. The van der Waals surface area contributed by atoms with E-state index in [1.807, 2.05) is 13.8 Å². The van der Waals surface area contributed by atoms with Crippen LogP contribution in [0.2, 0.25) is 0 Å². The molecule has 1 unspecified atom stereocenters. The first kappa shape index (κ1) is 12.6. The average Bonchev–Trinajstić information content (AvgIpc) is 2.64. The summed E-state index contributed by atoms with van der Waals surface area (Å²) in [5.74, 6) is 0. The van der Waals surface area contributed by atoms with Crippen molar-refractivity contribution in [1.82, 2.24) is 10.3 Å². The predicted molar refractivity (Wildman–Crippen MR) is 64.4 cm³/mol. The van der Waals surface area contributed by atoms with Crippen LogP contribution >= 0.6 is 11.3 Å². The Bertz CT molecular complexity index is 275. The van der Waals surface area contributed by atoms with E-state index in [0.717, 1.165) is 31.9 Å². The van der Waals surface area contributed by atoms with Gasteiger partial charge in [-0.05, 0) is 33.7 Å². The second kappa shape index (κ2) is 6.93. The summed E-state index contributed by atoms with van der Waals surface area (Å²) < 4.78 is 5.27. The van der Waals surface area contributed by atoms with E-state index >= 15 is 0 Å². The highest BCUT2D eigenvalue weighted by Crippen LogP contribution is 2.16. The number of nitrogens with one attached hydrogen (secondary N) is 1. The molecule has 15 heavy (non-hydrogen) atoms. The molecular formula is C11H20N2OS. The Hall–Kier alpha value is -0.450.